The number of likely N-dealkylation sites (tertiary alicyclic amines) is 1. The average Bonchev–Trinajstić information content (AvgIpc) is 2.27. The molecule has 7 heteroatoms. The largest absolute Gasteiger partial charge is 0.481 e. The average molecular weight is 277 g/mol. The van der Waals surface area contributed by atoms with Crippen molar-refractivity contribution in [2.45, 2.75) is 26.2 Å². The molecule has 0 atom stereocenters. The smallest absolute Gasteiger partial charge is 0.304 e. The van der Waals surface area contributed by atoms with Crippen LogP contribution in [0.15, 0.2) is 0 Å². The zero-order valence-electron chi connectivity index (χ0n) is 10.5. The van der Waals surface area contributed by atoms with E-state index in [0.29, 0.717) is 19.0 Å². The van der Waals surface area contributed by atoms with Crippen LogP contribution in [0, 0.1) is 5.92 Å². The minimum Gasteiger partial charge on any atom is -0.481 e. The zero-order valence-corrected chi connectivity index (χ0v) is 11.3. The summed E-state index contributed by atoms with van der Waals surface area (Å²) >= 11 is 0. The van der Waals surface area contributed by atoms with Crippen molar-refractivity contribution < 1.29 is 23.1 Å². The quantitative estimate of drug-likeness (QED) is 0.771. The summed E-state index contributed by atoms with van der Waals surface area (Å²) in [5, 5.41) is 8.43. The van der Waals surface area contributed by atoms with Crippen molar-refractivity contribution >= 4 is 21.7 Å². The van der Waals surface area contributed by atoms with E-state index in [9.17, 15) is 18.0 Å². The number of carboxylic acid groups (broad SMARTS) is 1. The van der Waals surface area contributed by atoms with Crippen molar-refractivity contribution in [3.8, 4) is 0 Å². The Bertz CT molecular complexity index is 409. The number of hydrogen-bond donors (Lipinski definition) is 1. The first-order chi connectivity index (χ1) is 8.30. The van der Waals surface area contributed by atoms with Gasteiger partial charge in [0.25, 0.3) is 0 Å². The van der Waals surface area contributed by atoms with Crippen LogP contribution in [0.1, 0.15) is 26.2 Å². The molecule has 1 amide bonds. The van der Waals surface area contributed by atoms with Gasteiger partial charge in [-0.15, -0.1) is 0 Å². The highest BCUT2D eigenvalue weighted by molar-refractivity contribution is 7.92. The lowest BCUT2D eigenvalue weighted by Gasteiger charge is -2.30. The van der Waals surface area contributed by atoms with Crippen molar-refractivity contribution in [3.05, 3.63) is 0 Å². The maximum absolute atomic E-state index is 11.8. The summed E-state index contributed by atoms with van der Waals surface area (Å²) in [5.41, 5.74) is 0. The van der Waals surface area contributed by atoms with E-state index in [4.69, 9.17) is 5.11 Å². The third kappa shape index (κ3) is 5.03. The summed E-state index contributed by atoms with van der Waals surface area (Å²) in [5.74, 6) is -2.06. The van der Waals surface area contributed by atoms with Crippen LogP contribution in [0.25, 0.3) is 0 Å². The molecule has 0 radical (unpaired) electrons. The molecular weight excluding hydrogens is 258 g/mol. The van der Waals surface area contributed by atoms with Crippen LogP contribution in [0.3, 0.4) is 0 Å². The predicted octanol–water partition coefficient (Wildman–Crippen LogP) is 0.134. The monoisotopic (exact) mass is 277 g/mol. The van der Waals surface area contributed by atoms with Crippen molar-refractivity contribution in [2.75, 3.05) is 24.6 Å². The molecule has 104 valence electrons. The number of hydrogen-bond acceptors (Lipinski definition) is 4. The number of aliphatic carboxylic acids is 1. The molecule has 1 N–H and O–H groups in total. The highest BCUT2D eigenvalue weighted by atomic mass is 32.2. The molecule has 0 saturated carbocycles. The standard InChI is InChI=1S/C11H19NO5S/c1-9-2-5-12(6-3-9)10(13)8-18(16,17)7-4-11(14)15/h9H,2-8H2,1H3,(H,14,15). The molecule has 6 nitrogen and oxygen atoms in total. The van der Waals surface area contributed by atoms with Gasteiger partial charge in [-0.25, -0.2) is 8.42 Å². The van der Waals surface area contributed by atoms with Crippen molar-refractivity contribution in [3.63, 3.8) is 0 Å². The Kier molecular flexibility index (Phi) is 5.13. The van der Waals surface area contributed by atoms with Crippen molar-refractivity contribution in [2.24, 2.45) is 5.92 Å². The predicted molar refractivity (Wildman–Crippen MR) is 65.9 cm³/mol. The van der Waals surface area contributed by atoms with Crippen molar-refractivity contribution in [1.82, 2.24) is 4.90 Å². The van der Waals surface area contributed by atoms with Crippen LogP contribution in [0.4, 0.5) is 0 Å². The van der Waals surface area contributed by atoms with E-state index >= 15 is 0 Å². The lowest BCUT2D eigenvalue weighted by atomic mass is 9.99. The molecule has 0 aromatic carbocycles. The second-order valence-corrected chi connectivity index (χ2v) is 6.98. The number of carboxylic acids is 1. The van der Waals surface area contributed by atoms with Gasteiger partial charge in [0.15, 0.2) is 9.84 Å². The Morgan fingerprint density at radius 2 is 1.83 bits per heavy atom. The van der Waals surface area contributed by atoms with Crippen LogP contribution in [0.2, 0.25) is 0 Å². The zero-order chi connectivity index (χ0) is 13.8. The van der Waals surface area contributed by atoms with E-state index in [1.54, 1.807) is 4.90 Å². The Morgan fingerprint density at radius 1 is 1.28 bits per heavy atom. The van der Waals surface area contributed by atoms with Crippen LogP contribution >= 0.6 is 0 Å². The van der Waals surface area contributed by atoms with E-state index in [0.717, 1.165) is 12.8 Å². The third-order valence-electron chi connectivity index (χ3n) is 3.11. The number of rotatable bonds is 5. The van der Waals surface area contributed by atoms with E-state index < -0.39 is 39.6 Å². The van der Waals surface area contributed by atoms with E-state index in [1.165, 1.54) is 0 Å². The second-order valence-electron chi connectivity index (χ2n) is 4.80. The SMILES string of the molecule is CC1CCN(C(=O)CS(=O)(=O)CCC(=O)O)CC1. The topological polar surface area (TPSA) is 91.8 Å². The normalized spacial score (nSPS) is 17.7. The summed E-state index contributed by atoms with van der Waals surface area (Å²) < 4.78 is 23.1. The van der Waals surface area contributed by atoms with Gasteiger partial charge in [-0.2, -0.15) is 0 Å². The molecule has 0 bridgehead atoms. The Labute approximate surface area is 107 Å². The summed E-state index contributed by atoms with van der Waals surface area (Å²) in [6.45, 7) is 3.29. The molecule has 0 aromatic rings. The number of carbonyl (C=O) groups is 2. The molecule has 0 aromatic heterocycles. The minimum absolute atomic E-state index is 0.410. The number of piperidine rings is 1. The molecule has 18 heavy (non-hydrogen) atoms. The lowest BCUT2D eigenvalue weighted by molar-refractivity contribution is -0.136. The molecule has 1 fully saturated rings. The van der Waals surface area contributed by atoms with Crippen molar-refractivity contribution in [1.29, 1.82) is 0 Å². The number of amides is 1. The molecule has 1 saturated heterocycles. The first-order valence-corrected chi connectivity index (χ1v) is 7.82. The summed E-state index contributed by atoms with van der Waals surface area (Å²) in [7, 11) is -3.61. The molecular formula is C11H19NO5S. The molecule has 0 aliphatic carbocycles. The Morgan fingerprint density at radius 3 is 2.33 bits per heavy atom. The van der Waals surface area contributed by atoms with Crippen LogP contribution in [-0.4, -0.2) is 54.9 Å². The van der Waals surface area contributed by atoms with Gasteiger partial charge in [-0.3, -0.25) is 9.59 Å². The molecule has 0 spiro atoms. The van der Waals surface area contributed by atoms with Gasteiger partial charge in [0.2, 0.25) is 5.91 Å². The van der Waals surface area contributed by atoms with Gasteiger partial charge in [0, 0.05) is 13.1 Å². The second kappa shape index (κ2) is 6.17. The van der Waals surface area contributed by atoms with Gasteiger partial charge in [0.05, 0.1) is 12.2 Å². The first-order valence-electron chi connectivity index (χ1n) is 6.00. The molecule has 1 aliphatic rings. The highest BCUT2D eigenvalue weighted by Crippen LogP contribution is 2.16. The fourth-order valence-electron chi connectivity index (χ4n) is 1.85. The Balaban J connectivity index is 2.46. The maximum atomic E-state index is 11.8. The summed E-state index contributed by atoms with van der Waals surface area (Å²) in [6.07, 6.45) is 1.33. The van der Waals surface area contributed by atoms with E-state index in [-0.39, 0.29) is 0 Å². The Hall–Kier alpha value is -1.11. The fourth-order valence-corrected chi connectivity index (χ4v) is 3.04. The van der Waals surface area contributed by atoms with Gasteiger partial charge < -0.3 is 10.0 Å². The fraction of sp³-hybridized carbons (Fsp3) is 0.818. The molecule has 1 aliphatic heterocycles. The van der Waals surface area contributed by atoms with Gasteiger partial charge in [-0.1, -0.05) is 6.92 Å². The number of sulfone groups is 1. The van der Waals surface area contributed by atoms with Gasteiger partial charge in [-0.05, 0) is 18.8 Å². The molecule has 1 heterocycles. The first kappa shape index (κ1) is 14.9. The lowest BCUT2D eigenvalue weighted by Crippen LogP contribution is -2.41. The van der Waals surface area contributed by atoms with Gasteiger partial charge in [0.1, 0.15) is 5.75 Å². The van der Waals surface area contributed by atoms with Crippen LogP contribution in [0.5, 0.6) is 0 Å². The molecule has 0 unspecified atom stereocenters. The maximum Gasteiger partial charge on any atom is 0.304 e. The highest BCUT2D eigenvalue weighted by Gasteiger charge is 2.25. The van der Waals surface area contributed by atoms with E-state index in [1.807, 2.05) is 0 Å². The molecule has 1 rings (SSSR count). The van der Waals surface area contributed by atoms with Gasteiger partial charge >= 0.3 is 5.97 Å². The third-order valence-corrected chi connectivity index (χ3v) is 4.62. The van der Waals surface area contributed by atoms with E-state index in [2.05, 4.69) is 6.92 Å². The number of nitrogens with zero attached hydrogens (tertiary/aromatic N) is 1. The summed E-state index contributed by atoms with van der Waals surface area (Å²) in [6, 6.07) is 0. The van der Waals surface area contributed by atoms with Crippen LogP contribution < -0.4 is 0 Å². The number of carbonyl (C=O) groups excluding carboxylic acids is 1. The van der Waals surface area contributed by atoms with Crippen LogP contribution in [-0.2, 0) is 19.4 Å². The minimum atomic E-state index is -3.61. The summed E-state index contributed by atoms with van der Waals surface area (Å²) in [4.78, 5) is 23.6.